The molecule has 3 rings (SSSR count). The number of carbonyl (C=O) groups is 1. The maximum atomic E-state index is 12.2. The number of phenols is 1. The van der Waals surface area contributed by atoms with Gasteiger partial charge in [0.15, 0.2) is 11.0 Å². The Morgan fingerprint density at radius 1 is 1.16 bits per heavy atom. The normalized spacial score (nSPS) is 11.1. The minimum Gasteiger partial charge on any atom is -0.507 e. The lowest BCUT2D eigenvalue weighted by molar-refractivity contribution is -0.118. The van der Waals surface area contributed by atoms with E-state index in [2.05, 4.69) is 39.5 Å². The molecular formula is C23H28N6O2S. The molecule has 1 amide bonds. The first-order chi connectivity index (χ1) is 15.6. The van der Waals surface area contributed by atoms with Crippen molar-refractivity contribution in [3.8, 4) is 17.1 Å². The van der Waals surface area contributed by atoms with Crippen molar-refractivity contribution < 1.29 is 9.90 Å². The summed E-state index contributed by atoms with van der Waals surface area (Å²) in [5, 5.41) is 23.4. The Morgan fingerprint density at radius 3 is 2.56 bits per heavy atom. The number of nitrogens with zero attached hydrogens (tertiary/aromatic N) is 5. The highest BCUT2D eigenvalue weighted by Crippen LogP contribution is 2.24. The van der Waals surface area contributed by atoms with Gasteiger partial charge in [-0.2, -0.15) is 5.10 Å². The Labute approximate surface area is 192 Å². The summed E-state index contributed by atoms with van der Waals surface area (Å²) in [6.07, 6.45) is 1.44. The lowest BCUT2D eigenvalue weighted by Crippen LogP contribution is -2.21. The van der Waals surface area contributed by atoms with Gasteiger partial charge in [0.1, 0.15) is 5.75 Å². The largest absolute Gasteiger partial charge is 0.507 e. The van der Waals surface area contributed by atoms with Crippen LogP contribution in [0.1, 0.15) is 26.3 Å². The van der Waals surface area contributed by atoms with E-state index >= 15 is 0 Å². The van der Waals surface area contributed by atoms with E-state index in [0.29, 0.717) is 17.3 Å². The molecule has 0 saturated heterocycles. The van der Waals surface area contributed by atoms with Crippen molar-refractivity contribution in [3.05, 3.63) is 54.1 Å². The molecule has 0 aliphatic rings. The van der Waals surface area contributed by atoms with Gasteiger partial charge in [-0.05, 0) is 32.9 Å². The summed E-state index contributed by atoms with van der Waals surface area (Å²) in [6.45, 7) is 8.56. The van der Waals surface area contributed by atoms with Crippen LogP contribution < -0.4 is 10.3 Å². The number of carbonyl (C=O) groups excluding carboxylic acids is 1. The molecule has 0 atom stereocenters. The number of anilines is 1. The van der Waals surface area contributed by atoms with Crippen LogP contribution in [0.15, 0.2) is 58.8 Å². The van der Waals surface area contributed by atoms with Crippen LogP contribution in [0.3, 0.4) is 0 Å². The number of hydrogen-bond donors (Lipinski definition) is 2. The van der Waals surface area contributed by atoms with E-state index in [-0.39, 0.29) is 17.4 Å². The summed E-state index contributed by atoms with van der Waals surface area (Å²) >= 11 is 1.30. The molecule has 0 fully saturated rings. The molecule has 0 radical (unpaired) electrons. The molecule has 0 aliphatic carbocycles. The second-order valence-corrected chi connectivity index (χ2v) is 7.86. The van der Waals surface area contributed by atoms with Gasteiger partial charge in [-0.15, -0.1) is 10.2 Å². The van der Waals surface area contributed by atoms with E-state index in [0.717, 1.165) is 30.2 Å². The Bertz CT molecular complexity index is 1060. The second kappa shape index (κ2) is 11.3. The first-order valence-electron chi connectivity index (χ1n) is 10.6. The molecule has 1 aromatic heterocycles. The van der Waals surface area contributed by atoms with Crippen molar-refractivity contribution in [3.63, 3.8) is 0 Å². The summed E-state index contributed by atoms with van der Waals surface area (Å²) in [5.74, 6) is 0.776. The molecule has 3 aromatic rings. The zero-order valence-electron chi connectivity index (χ0n) is 18.5. The van der Waals surface area contributed by atoms with Crippen LogP contribution in [0.4, 0.5) is 5.69 Å². The van der Waals surface area contributed by atoms with Crippen LogP contribution in [-0.4, -0.2) is 50.8 Å². The minimum atomic E-state index is -0.266. The fourth-order valence-corrected chi connectivity index (χ4v) is 4.04. The molecule has 0 spiro atoms. The molecular weight excluding hydrogens is 424 g/mol. The van der Waals surface area contributed by atoms with Gasteiger partial charge in [0.05, 0.1) is 12.0 Å². The second-order valence-electron chi connectivity index (χ2n) is 6.91. The standard InChI is InChI=1S/C23H28N6O2S/c1-4-28(5-2)19-13-12-18(20(30)14-19)15-24-25-21(31)16-32-23-27-26-22(29(23)6-3)17-10-8-7-9-11-17/h7-15,30H,4-6,16H2,1-3H3,(H,25,31)/b24-15+. The number of rotatable bonds is 10. The summed E-state index contributed by atoms with van der Waals surface area (Å²) in [5.41, 5.74) is 4.95. The molecule has 0 saturated carbocycles. The predicted molar refractivity (Wildman–Crippen MR) is 129 cm³/mol. The van der Waals surface area contributed by atoms with Gasteiger partial charge < -0.3 is 14.6 Å². The Morgan fingerprint density at radius 2 is 1.91 bits per heavy atom. The molecule has 1 heterocycles. The Hall–Kier alpha value is -3.33. The highest BCUT2D eigenvalue weighted by Gasteiger charge is 2.14. The Kier molecular flexibility index (Phi) is 8.27. The maximum absolute atomic E-state index is 12.2. The van der Waals surface area contributed by atoms with Crippen LogP contribution in [-0.2, 0) is 11.3 Å². The molecule has 9 heteroatoms. The van der Waals surface area contributed by atoms with E-state index in [4.69, 9.17) is 0 Å². The number of amides is 1. The topological polar surface area (TPSA) is 95.6 Å². The summed E-state index contributed by atoms with van der Waals surface area (Å²) in [6, 6.07) is 15.2. The molecule has 0 aliphatic heterocycles. The quantitative estimate of drug-likeness (QED) is 0.276. The van der Waals surface area contributed by atoms with Crippen LogP contribution >= 0.6 is 11.8 Å². The van der Waals surface area contributed by atoms with Crippen LogP contribution in [0, 0.1) is 0 Å². The molecule has 32 heavy (non-hydrogen) atoms. The zero-order chi connectivity index (χ0) is 22.9. The predicted octanol–water partition coefficient (Wildman–Crippen LogP) is 3.76. The van der Waals surface area contributed by atoms with Crippen molar-refractivity contribution in [1.82, 2.24) is 20.2 Å². The smallest absolute Gasteiger partial charge is 0.250 e. The van der Waals surface area contributed by atoms with Gasteiger partial charge in [-0.25, -0.2) is 5.43 Å². The number of hydrazone groups is 1. The molecule has 2 N–H and O–H groups in total. The molecule has 8 nitrogen and oxygen atoms in total. The summed E-state index contributed by atoms with van der Waals surface area (Å²) < 4.78 is 1.98. The van der Waals surface area contributed by atoms with Crippen molar-refractivity contribution >= 4 is 29.6 Å². The van der Waals surface area contributed by atoms with E-state index in [9.17, 15) is 9.90 Å². The third-order valence-corrected chi connectivity index (χ3v) is 5.90. The summed E-state index contributed by atoms with van der Waals surface area (Å²) in [7, 11) is 0. The summed E-state index contributed by atoms with van der Waals surface area (Å²) in [4.78, 5) is 14.4. The third kappa shape index (κ3) is 5.67. The first-order valence-corrected chi connectivity index (χ1v) is 11.6. The van der Waals surface area contributed by atoms with E-state index < -0.39 is 0 Å². The van der Waals surface area contributed by atoms with Crippen molar-refractivity contribution in [2.45, 2.75) is 32.5 Å². The van der Waals surface area contributed by atoms with Gasteiger partial charge in [0.25, 0.3) is 5.91 Å². The lowest BCUT2D eigenvalue weighted by atomic mass is 10.2. The fraction of sp³-hybridized carbons (Fsp3) is 0.304. The first kappa shape index (κ1) is 23.3. The number of benzene rings is 2. The number of phenolic OH excluding ortho intramolecular Hbond substituents is 1. The number of aromatic hydroxyl groups is 1. The van der Waals surface area contributed by atoms with Gasteiger partial charge in [0.2, 0.25) is 0 Å². The number of thioether (sulfide) groups is 1. The van der Waals surface area contributed by atoms with E-state index in [1.54, 1.807) is 12.1 Å². The molecule has 0 unspecified atom stereocenters. The molecule has 2 aromatic carbocycles. The molecule has 0 bridgehead atoms. The van der Waals surface area contributed by atoms with Gasteiger partial charge in [0, 0.05) is 42.5 Å². The zero-order valence-corrected chi connectivity index (χ0v) is 19.3. The fourth-order valence-electron chi connectivity index (χ4n) is 3.24. The average Bonchev–Trinajstić information content (AvgIpc) is 3.23. The van der Waals surface area contributed by atoms with E-state index in [1.807, 2.05) is 47.9 Å². The van der Waals surface area contributed by atoms with Crippen LogP contribution in [0.2, 0.25) is 0 Å². The number of hydrogen-bond acceptors (Lipinski definition) is 7. The highest BCUT2D eigenvalue weighted by molar-refractivity contribution is 7.99. The molecule has 168 valence electrons. The van der Waals surface area contributed by atoms with Crippen LogP contribution in [0.25, 0.3) is 11.4 Å². The van der Waals surface area contributed by atoms with Crippen LogP contribution in [0.5, 0.6) is 5.75 Å². The maximum Gasteiger partial charge on any atom is 0.250 e. The highest BCUT2D eigenvalue weighted by atomic mass is 32.2. The van der Waals surface area contributed by atoms with E-state index in [1.165, 1.54) is 18.0 Å². The van der Waals surface area contributed by atoms with Gasteiger partial charge >= 0.3 is 0 Å². The van der Waals surface area contributed by atoms with Crippen molar-refractivity contribution in [2.75, 3.05) is 23.7 Å². The lowest BCUT2D eigenvalue weighted by Gasteiger charge is -2.21. The minimum absolute atomic E-state index is 0.117. The van der Waals surface area contributed by atoms with Crippen molar-refractivity contribution in [1.29, 1.82) is 0 Å². The van der Waals surface area contributed by atoms with Gasteiger partial charge in [-0.1, -0.05) is 42.1 Å². The third-order valence-electron chi connectivity index (χ3n) is 4.93. The monoisotopic (exact) mass is 452 g/mol. The SMILES string of the molecule is CCN(CC)c1ccc(/C=N/NC(=O)CSc2nnc(-c3ccccc3)n2CC)c(O)c1. The van der Waals surface area contributed by atoms with Crippen molar-refractivity contribution in [2.24, 2.45) is 5.10 Å². The Balaban J connectivity index is 1.57. The number of nitrogens with one attached hydrogen (secondary N) is 1. The van der Waals surface area contributed by atoms with Gasteiger partial charge in [-0.3, -0.25) is 4.79 Å². The number of aromatic nitrogens is 3. The average molecular weight is 453 g/mol.